The first-order chi connectivity index (χ1) is 3.83. The van der Waals surface area contributed by atoms with Gasteiger partial charge in [0.05, 0.1) is 0 Å². The maximum absolute atomic E-state index is 4.04. The Bertz CT molecular complexity index is 172. The van der Waals surface area contributed by atoms with E-state index in [1.807, 2.05) is 11.7 Å². The van der Waals surface area contributed by atoms with E-state index in [0.717, 1.165) is 12.2 Å². The number of aryl methyl sites for hydroxylation is 2. The van der Waals surface area contributed by atoms with Crippen molar-refractivity contribution in [2.24, 2.45) is 7.05 Å². The minimum Gasteiger partial charge on any atom is -0.192 e. The van der Waals surface area contributed by atoms with Crippen LogP contribution >= 0.6 is 0 Å². The van der Waals surface area contributed by atoms with Gasteiger partial charge in [0.25, 0.3) is 5.82 Å². The molecule has 1 N–H and O–H groups in total. The van der Waals surface area contributed by atoms with Crippen LogP contribution in [0.3, 0.4) is 0 Å². The minimum atomic E-state index is 0. The zero-order valence-corrected chi connectivity index (χ0v) is 5.18. The lowest BCUT2D eigenvalue weighted by molar-refractivity contribution is -0.728. The molecule has 1 aromatic rings. The lowest BCUT2D eigenvalue weighted by Crippen LogP contribution is -2.28. The summed E-state index contributed by atoms with van der Waals surface area (Å²) in [6.07, 6.45) is 2.74. The number of hydrogen-bond donors (Lipinski definition) is 1. The van der Waals surface area contributed by atoms with Crippen molar-refractivity contribution in [3.05, 3.63) is 12.2 Å². The van der Waals surface area contributed by atoms with Crippen LogP contribution in [0.5, 0.6) is 0 Å². The molecule has 0 saturated heterocycles. The van der Waals surface area contributed by atoms with Crippen molar-refractivity contribution in [1.82, 2.24) is 10.1 Å². The fraction of sp³-hybridized carbons (Fsp3) is 0.600. The normalized spacial score (nSPS) is 9.75. The predicted molar refractivity (Wildman–Crippen MR) is 31.3 cm³/mol. The summed E-state index contributed by atoms with van der Waals surface area (Å²) in [4.78, 5) is 4.04. The van der Waals surface area contributed by atoms with E-state index in [0.29, 0.717) is 0 Å². The van der Waals surface area contributed by atoms with E-state index in [2.05, 4.69) is 17.0 Å². The molecule has 8 heavy (non-hydrogen) atoms. The van der Waals surface area contributed by atoms with Gasteiger partial charge in [0.1, 0.15) is 7.05 Å². The summed E-state index contributed by atoms with van der Waals surface area (Å²) in [5.74, 6) is 1.03. The fourth-order valence-corrected chi connectivity index (χ4v) is 0.588. The molecule has 1 rings (SSSR count). The molecule has 0 fully saturated rings. The standard InChI is InChI=1S/C5H9N3.H2/c1-3-5-6-4-8(2)7-5;/h4H,3H2,1-2H3;1H/p+1. The van der Waals surface area contributed by atoms with Crippen molar-refractivity contribution in [2.75, 3.05) is 0 Å². The van der Waals surface area contributed by atoms with Crippen molar-refractivity contribution in [2.45, 2.75) is 13.3 Å². The van der Waals surface area contributed by atoms with Crippen LogP contribution in [0.25, 0.3) is 0 Å². The Hall–Kier alpha value is -0.860. The highest BCUT2D eigenvalue weighted by molar-refractivity contribution is 4.73. The maximum atomic E-state index is 4.04. The first kappa shape index (κ1) is 5.28. The van der Waals surface area contributed by atoms with Gasteiger partial charge in [-0.25, -0.2) is 0 Å². The summed E-state index contributed by atoms with van der Waals surface area (Å²) >= 11 is 0. The van der Waals surface area contributed by atoms with Crippen LogP contribution in [0.15, 0.2) is 6.33 Å². The first-order valence-electron chi connectivity index (χ1n) is 2.72. The Labute approximate surface area is 49.8 Å². The number of aromatic nitrogens is 3. The van der Waals surface area contributed by atoms with Crippen LogP contribution in [0.2, 0.25) is 0 Å². The van der Waals surface area contributed by atoms with Crippen molar-refractivity contribution < 1.29 is 6.11 Å². The number of nitrogens with one attached hydrogen (secondary N) is 1. The highest BCUT2D eigenvalue weighted by atomic mass is 15.3. The van der Waals surface area contributed by atoms with Crippen molar-refractivity contribution in [3.8, 4) is 0 Å². The summed E-state index contributed by atoms with van der Waals surface area (Å²) < 4.78 is 1.83. The van der Waals surface area contributed by atoms with Gasteiger partial charge in [-0.05, 0) is 4.98 Å². The third-order valence-electron chi connectivity index (χ3n) is 1.03. The molecular weight excluding hydrogens is 102 g/mol. The molecule has 0 spiro atoms. The van der Waals surface area contributed by atoms with Crippen LogP contribution < -0.4 is 4.68 Å². The molecule has 0 aromatic carbocycles. The number of rotatable bonds is 1. The Morgan fingerprint density at radius 1 is 2.00 bits per heavy atom. The van der Waals surface area contributed by atoms with Gasteiger partial charge in [0.15, 0.2) is 0 Å². The molecule has 0 saturated carbocycles. The van der Waals surface area contributed by atoms with E-state index in [1.54, 1.807) is 6.33 Å². The van der Waals surface area contributed by atoms with Gasteiger partial charge in [-0.1, -0.05) is 6.92 Å². The van der Waals surface area contributed by atoms with Gasteiger partial charge in [0, 0.05) is 7.85 Å². The molecule has 46 valence electrons. The maximum Gasteiger partial charge on any atom is 0.306 e. The monoisotopic (exact) mass is 114 g/mol. The molecule has 0 amide bonds. The zero-order chi connectivity index (χ0) is 5.98. The molecule has 0 unspecified atom stereocenters. The second-order valence-corrected chi connectivity index (χ2v) is 1.77. The molecule has 0 radical (unpaired) electrons. The molecule has 0 aliphatic rings. The molecular formula is C5H12N3+. The van der Waals surface area contributed by atoms with Gasteiger partial charge >= 0.3 is 6.33 Å². The molecule has 0 atom stereocenters. The van der Waals surface area contributed by atoms with Crippen LogP contribution in [-0.4, -0.2) is 10.1 Å². The molecule has 0 bridgehead atoms. The average molecular weight is 114 g/mol. The Morgan fingerprint density at radius 2 is 2.75 bits per heavy atom. The molecule has 1 heterocycles. The molecule has 0 aliphatic carbocycles. The largest absolute Gasteiger partial charge is 0.306 e. The van der Waals surface area contributed by atoms with Crippen LogP contribution in [0.4, 0.5) is 0 Å². The summed E-state index contributed by atoms with van der Waals surface area (Å²) in [6, 6.07) is 0. The van der Waals surface area contributed by atoms with Gasteiger partial charge in [-0.2, -0.15) is 9.78 Å². The van der Waals surface area contributed by atoms with E-state index in [-0.39, 0.29) is 1.43 Å². The minimum absolute atomic E-state index is 0. The second-order valence-electron chi connectivity index (χ2n) is 1.77. The molecule has 3 nitrogen and oxygen atoms in total. The Balaban J connectivity index is 0.000000640. The quantitative estimate of drug-likeness (QED) is 0.514. The second kappa shape index (κ2) is 1.94. The number of H-pyrrole nitrogens is 1. The highest BCUT2D eigenvalue weighted by Gasteiger charge is 1.98. The molecule has 0 aliphatic heterocycles. The van der Waals surface area contributed by atoms with E-state index >= 15 is 0 Å². The van der Waals surface area contributed by atoms with Gasteiger partial charge in [0.2, 0.25) is 0 Å². The van der Waals surface area contributed by atoms with E-state index < -0.39 is 0 Å². The van der Waals surface area contributed by atoms with Gasteiger partial charge < -0.3 is 0 Å². The zero-order valence-electron chi connectivity index (χ0n) is 5.18. The van der Waals surface area contributed by atoms with Gasteiger partial charge in [-0.3, -0.25) is 0 Å². The first-order valence-corrected chi connectivity index (χ1v) is 2.72. The molecule has 3 heteroatoms. The van der Waals surface area contributed by atoms with Crippen LogP contribution in [-0.2, 0) is 13.5 Å². The highest BCUT2D eigenvalue weighted by Crippen LogP contribution is 1.80. The number of hydrogen-bond acceptors (Lipinski definition) is 1. The smallest absolute Gasteiger partial charge is 0.192 e. The van der Waals surface area contributed by atoms with Crippen molar-refractivity contribution >= 4 is 0 Å². The Morgan fingerprint density at radius 3 is 3.00 bits per heavy atom. The summed E-state index contributed by atoms with van der Waals surface area (Å²) in [5.41, 5.74) is 0. The SMILES string of the molecule is CCc1nc[n+](C)[nH]1.[HH]. The number of aromatic amines is 1. The average Bonchev–Trinajstić information content (AvgIpc) is 2.14. The van der Waals surface area contributed by atoms with Crippen LogP contribution in [0.1, 0.15) is 14.2 Å². The number of nitrogens with zero attached hydrogens (tertiary/aromatic N) is 2. The van der Waals surface area contributed by atoms with E-state index in [9.17, 15) is 0 Å². The lowest BCUT2D eigenvalue weighted by atomic mass is 10.5. The van der Waals surface area contributed by atoms with Crippen molar-refractivity contribution in [1.29, 1.82) is 0 Å². The Kier molecular flexibility index (Phi) is 1.28. The van der Waals surface area contributed by atoms with Crippen molar-refractivity contribution in [3.63, 3.8) is 0 Å². The molecule has 1 aromatic heterocycles. The third kappa shape index (κ3) is 0.857. The topological polar surface area (TPSA) is 32.6 Å². The lowest BCUT2D eigenvalue weighted by Gasteiger charge is -1.75. The van der Waals surface area contributed by atoms with E-state index in [1.165, 1.54) is 0 Å². The predicted octanol–water partition coefficient (Wildman–Crippen LogP) is 0.0426. The third-order valence-corrected chi connectivity index (χ3v) is 1.03. The van der Waals surface area contributed by atoms with Crippen LogP contribution in [0, 0.1) is 0 Å². The fourth-order valence-electron chi connectivity index (χ4n) is 0.588. The van der Waals surface area contributed by atoms with E-state index in [4.69, 9.17) is 0 Å². The summed E-state index contributed by atoms with van der Waals surface area (Å²) in [5, 5.41) is 3.03. The van der Waals surface area contributed by atoms with Gasteiger partial charge in [-0.15, -0.1) is 0 Å². The summed E-state index contributed by atoms with van der Waals surface area (Å²) in [6.45, 7) is 2.07. The summed E-state index contributed by atoms with van der Waals surface area (Å²) in [7, 11) is 1.92.